The minimum absolute atomic E-state index is 0.136. The van der Waals surface area contributed by atoms with Crippen LogP contribution in [-0.2, 0) is 9.53 Å². The minimum atomic E-state index is 0.136. The third kappa shape index (κ3) is 7.34. The van der Waals surface area contributed by atoms with Crippen LogP contribution in [0.5, 0.6) is 0 Å². The Morgan fingerprint density at radius 3 is 2.94 bits per heavy atom. The number of hydrogen-bond donors (Lipinski definition) is 2. The molecule has 0 aromatic carbocycles. The first-order valence-corrected chi connectivity index (χ1v) is 6.76. The first-order chi connectivity index (χ1) is 8.18. The number of rotatable bonds is 8. The first-order valence-electron chi connectivity index (χ1n) is 6.76. The van der Waals surface area contributed by atoms with Crippen LogP contribution < -0.4 is 10.6 Å². The van der Waals surface area contributed by atoms with Crippen molar-refractivity contribution in [3.63, 3.8) is 0 Å². The Balaban J connectivity index is 1.89. The van der Waals surface area contributed by atoms with E-state index in [1.54, 1.807) is 0 Å². The van der Waals surface area contributed by atoms with E-state index in [9.17, 15) is 4.79 Å². The molecule has 17 heavy (non-hydrogen) atoms. The van der Waals surface area contributed by atoms with Crippen LogP contribution >= 0.6 is 0 Å². The summed E-state index contributed by atoms with van der Waals surface area (Å²) in [6.45, 7) is 7.45. The van der Waals surface area contributed by atoms with Crippen molar-refractivity contribution in [2.75, 3.05) is 26.3 Å². The van der Waals surface area contributed by atoms with E-state index < -0.39 is 0 Å². The maximum atomic E-state index is 11.5. The molecule has 1 heterocycles. The standard InChI is InChI=1S/C13H26N2O2/c1-11(2)5-8-17-9-7-15-13(16)10-12-4-3-6-14-12/h11-12,14H,3-10H2,1-2H3,(H,15,16). The van der Waals surface area contributed by atoms with Gasteiger partial charge in [0.05, 0.1) is 6.61 Å². The largest absolute Gasteiger partial charge is 0.380 e. The number of amides is 1. The number of nitrogens with one attached hydrogen (secondary N) is 2. The maximum Gasteiger partial charge on any atom is 0.221 e. The van der Waals surface area contributed by atoms with Crippen LogP contribution in [0.15, 0.2) is 0 Å². The third-order valence-electron chi connectivity index (χ3n) is 3.00. The molecule has 0 aliphatic carbocycles. The monoisotopic (exact) mass is 242 g/mol. The van der Waals surface area contributed by atoms with Gasteiger partial charge in [0.15, 0.2) is 0 Å². The van der Waals surface area contributed by atoms with Crippen molar-refractivity contribution >= 4 is 5.91 Å². The molecule has 1 atom stereocenters. The van der Waals surface area contributed by atoms with Gasteiger partial charge in [0.25, 0.3) is 0 Å². The Hall–Kier alpha value is -0.610. The van der Waals surface area contributed by atoms with Crippen LogP contribution in [-0.4, -0.2) is 38.3 Å². The molecule has 0 radical (unpaired) electrons. The van der Waals surface area contributed by atoms with Gasteiger partial charge in [-0.2, -0.15) is 0 Å². The van der Waals surface area contributed by atoms with Crippen molar-refractivity contribution in [3.05, 3.63) is 0 Å². The molecule has 2 N–H and O–H groups in total. The zero-order valence-electron chi connectivity index (χ0n) is 11.1. The van der Waals surface area contributed by atoms with E-state index in [2.05, 4.69) is 24.5 Å². The Kier molecular flexibility index (Phi) is 7.21. The highest BCUT2D eigenvalue weighted by atomic mass is 16.5. The Morgan fingerprint density at radius 2 is 2.29 bits per heavy atom. The van der Waals surface area contributed by atoms with Gasteiger partial charge in [0.2, 0.25) is 5.91 Å². The van der Waals surface area contributed by atoms with Gasteiger partial charge < -0.3 is 15.4 Å². The zero-order chi connectivity index (χ0) is 12.5. The van der Waals surface area contributed by atoms with Gasteiger partial charge in [-0.25, -0.2) is 0 Å². The second-order valence-electron chi connectivity index (χ2n) is 5.14. The molecule has 0 bridgehead atoms. The molecule has 1 unspecified atom stereocenters. The van der Waals surface area contributed by atoms with Crippen LogP contribution in [0.4, 0.5) is 0 Å². The molecular weight excluding hydrogens is 216 g/mol. The highest BCUT2D eigenvalue weighted by molar-refractivity contribution is 5.76. The summed E-state index contributed by atoms with van der Waals surface area (Å²) in [6, 6.07) is 0.386. The van der Waals surface area contributed by atoms with Crippen molar-refractivity contribution in [3.8, 4) is 0 Å². The van der Waals surface area contributed by atoms with Crippen LogP contribution in [0.1, 0.15) is 39.5 Å². The Bertz CT molecular complexity index is 213. The zero-order valence-corrected chi connectivity index (χ0v) is 11.1. The van der Waals surface area contributed by atoms with E-state index in [4.69, 9.17) is 4.74 Å². The van der Waals surface area contributed by atoms with Crippen LogP contribution in [0, 0.1) is 5.92 Å². The van der Waals surface area contributed by atoms with E-state index in [0.717, 1.165) is 26.0 Å². The van der Waals surface area contributed by atoms with E-state index >= 15 is 0 Å². The number of hydrogen-bond acceptors (Lipinski definition) is 3. The van der Waals surface area contributed by atoms with Crippen LogP contribution in [0.2, 0.25) is 0 Å². The summed E-state index contributed by atoms with van der Waals surface area (Å²) >= 11 is 0. The number of carbonyl (C=O) groups is 1. The molecule has 0 saturated carbocycles. The lowest BCUT2D eigenvalue weighted by molar-refractivity contribution is -0.121. The third-order valence-corrected chi connectivity index (χ3v) is 3.00. The molecule has 1 aliphatic rings. The van der Waals surface area contributed by atoms with Gasteiger partial charge >= 0.3 is 0 Å². The molecule has 1 aliphatic heterocycles. The molecular formula is C13H26N2O2. The van der Waals surface area contributed by atoms with Gasteiger partial charge in [-0.15, -0.1) is 0 Å². The molecule has 100 valence electrons. The van der Waals surface area contributed by atoms with Crippen molar-refractivity contribution < 1.29 is 9.53 Å². The molecule has 1 fully saturated rings. The maximum absolute atomic E-state index is 11.5. The number of ether oxygens (including phenoxy) is 1. The summed E-state index contributed by atoms with van der Waals surface area (Å²) in [7, 11) is 0. The summed E-state index contributed by atoms with van der Waals surface area (Å²) in [5.74, 6) is 0.815. The van der Waals surface area contributed by atoms with Gasteiger partial charge in [-0.05, 0) is 31.7 Å². The van der Waals surface area contributed by atoms with Crippen molar-refractivity contribution in [1.29, 1.82) is 0 Å². The molecule has 0 spiro atoms. The van der Waals surface area contributed by atoms with E-state index in [-0.39, 0.29) is 5.91 Å². The predicted molar refractivity (Wildman–Crippen MR) is 68.9 cm³/mol. The van der Waals surface area contributed by atoms with Crippen LogP contribution in [0.3, 0.4) is 0 Å². The molecule has 1 rings (SSSR count). The van der Waals surface area contributed by atoms with Crippen molar-refractivity contribution in [2.45, 2.75) is 45.6 Å². The summed E-state index contributed by atoms with van der Waals surface area (Å²) in [6.07, 6.45) is 4.00. The van der Waals surface area contributed by atoms with E-state index in [0.29, 0.717) is 31.5 Å². The fourth-order valence-corrected chi connectivity index (χ4v) is 1.91. The highest BCUT2D eigenvalue weighted by Crippen LogP contribution is 2.07. The molecule has 0 aromatic heterocycles. The lowest BCUT2D eigenvalue weighted by Gasteiger charge is -2.11. The Labute approximate surface area is 104 Å². The van der Waals surface area contributed by atoms with E-state index in [1.807, 2.05) is 0 Å². The topological polar surface area (TPSA) is 50.4 Å². The average molecular weight is 242 g/mol. The van der Waals surface area contributed by atoms with Gasteiger partial charge in [-0.1, -0.05) is 13.8 Å². The molecule has 0 aromatic rings. The molecule has 1 saturated heterocycles. The molecule has 4 heteroatoms. The second-order valence-corrected chi connectivity index (χ2v) is 5.14. The lowest BCUT2D eigenvalue weighted by atomic mass is 10.1. The quantitative estimate of drug-likeness (QED) is 0.631. The van der Waals surface area contributed by atoms with E-state index in [1.165, 1.54) is 6.42 Å². The molecule has 1 amide bonds. The minimum Gasteiger partial charge on any atom is -0.380 e. The second kappa shape index (κ2) is 8.48. The number of carbonyl (C=O) groups excluding carboxylic acids is 1. The summed E-state index contributed by atoms with van der Waals surface area (Å²) in [4.78, 5) is 11.5. The highest BCUT2D eigenvalue weighted by Gasteiger charge is 2.16. The van der Waals surface area contributed by atoms with Gasteiger partial charge in [0.1, 0.15) is 0 Å². The first kappa shape index (κ1) is 14.5. The van der Waals surface area contributed by atoms with Crippen LogP contribution in [0.25, 0.3) is 0 Å². The average Bonchev–Trinajstić information content (AvgIpc) is 2.75. The smallest absolute Gasteiger partial charge is 0.221 e. The lowest BCUT2D eigenvalue weighted by Crippen LogP contribution is -2.33. The van der Waals surface area contributed by atoms with Gasteiger partial charge in [-0.3, -0.25) is 4.79 Å². The predicted octanol–water partition coefficient (Wildman–Crippen LogP) is 1.31. The normalized spacial score (nSPS) is 19.8. The summed E-state index contributed by atoms with van der Waals surface area (Å²) in [5.41, 5.74) is 0. The Morgan fingerprint density at radius 1 is 1.47 bits per heavy atom. The molecule has 4 nitrogen and oxygen atoms in total. The fourth-order valence-electron chi connectivity index (χ4n) is 1.91. The van der Waals surface area contributed by atoms with Crippen molar-refractivity contribution in [1.82, 2.24) is 10.6 Å². The fraction of sp³-hybridized carbons (Fsp3) is 0.923. The van der Waals surface area contributed by atoms with Gasteiger partial charge in [0, 0.05) is 25.6 Å². The SMILES string of the molecule is CC(C)CCOCCNC(=O)CC1CCCN1. The summed E-state index contributed by atoms with van der Waals surface area (Å²) in [5, 5.41) is 6.21. The van der Waals surface area contributed by atoms with Crippen molar-refractivity contribution in [2.24, 2.45) is 5.92 Å². The summed E-state index contributed by atoms with van der Waals surface area (Å²) < 4.78 is 5.43.